The van der Waals surface area contributed by atoms with E-state index in [4.69, 9.17) is 0 Å². The summed E-state index contributed by atoms with van der Waals surface area (Å²) in [4.78, 5) is 5.30. The Kier molecular flexibility index (Phi) is 4.67. The Bertz CT molecular complexity index is 590. The van der Waals surface area contributed by atoms with E-state index in [9.17, 15) is 0 Å². The molecular formula is C22H32N2. The number of anilines is 1. The van der Waals surface area contributed by atoms with E-state index in [-0.39, 0.29) is 0 Å². The van der Waals surface area contributed by atoms with Crippen molar-refractivity contribution in [3.63, 3.8) is 0 Å². The number of hydrogen-bond acceptors (Lipinski definition) is 2. The molecule has 0 amide bonds. The van der Waals surface area contributed by atoms with Gasteiger partial charge in [-0.2, -0.15) is 0 Å². The summed E-state index contributed by atoms with van der Waals surface area (Å²) in [6.07, 6.45) is 8.14. The van der Waals surface area contributed by atoms with Crippen LogP contribution in [0.1, 0.15) is 50.2 Å². The molecule has 0 spiro atoms. The summed E-state index contributed by atoms with van der Waals surface area (Å²) >= 11 is 0. The van der Waals surface area contributed by atoms with Gasteiger partial charge in [-0.3, -0.25) is 4.90 Å². The Morgan fingerprint density at radius 2 is 1.75 bits per heavy atom. The average molecular weight is 325 g/mol. The molecule has 2 fully saturated rings. The van der Waals surface area contributed by atoms with E-state index in [1.807, 2.05) is 0 Å². The van der Waals surface area contributed by atoms with Crippen molar-refractivity contribution in [3.8, 4) is 0 Å². The third kappa shape index (κ3) is 3.39. The summed E-state index contributed by atoms with van der Waals surface area (Å²) in [6.45, 7) is 12.8. The van der Waals surface area contributed by atoms with Crippen LogP contribution in [0.2, 0.25) is 0 Å². The highest BCUT2D eigenvalue weighted by Gasteiger charge is 2.24. The molecule has 24 heavy (non-hydrogen) atoms. The van der Waals surface area contributed by atoms with Crippen LogP contribution in [0.3, 0.4) is 0 Å². The normalized spacial score (nSPS) is 28.2. The minimum Gasteiger partial charge on any atom is -0.369 e. The second-order valence-corrected chi connectivity index (χ2v) is 8.36. The molecule has 0 bridgehead atoms. The third-order valence-electron chi connectivity index (χ3n) is 6.56. The van der Waals surface area contributed by atoms with Gasteiger partial charge < -0.3 is 4.90 Å². The van der Waals surface area contributed by atoms with Crippen LogP contribution in [0.15, 0.2) is 24.8 Å². The molecule has 1 saturated heterocycles. The number of rotatable bonds is 3. The van der Waals surface area contributed by atoms with E-state index < -0.39 is 0 Å². The van der Waals surface area contributed by atoms with E-state index in [0.29, 0.717) is 0 Å². The highest BCUT2D eigenvalue weighted by Crippen LogP contribution is 2.34. The SMILES string of the molecule is C=C1CCc2cc(N3CCN(CC4CCC(C)CC4)CC3)ccc21. The molecule has 1 saturated carbocycles. The molecular weight excluding hydrogens is 292 g/mol. The number of fused-ring (bicyclic) bond motifs is 1. The van der Waals surface area contributed by atoms with E-state index in [1.165, 1.54) is 87.2 Å². The number of piperazine rings is 1. The lowest BCUT2D eigenvalue weighted by molar-refractivity contribution is 0.177. The first-order chi connectivity index (χ1) is 11.7. The molecule has 1 aliphatic heterocycles. The Hall–Kier alpha value is -1.28. The van der Waals surface area contributed by atoms with Crippen LogP contribution < -0.4 is 4.90 Å². The second-order valence-electron chi connectivity index (χ2n) is 8.36. The molecule has 4 rings (SSSR count). The minimum atomic E-state index is 0.957. The molecule has 0 unspecified atom stereocenters. The smallest absolute Gasteiger partial charge is 0.0370 e. The Morgan fingerprint density at radius 1 is 1.00 bits per heavy atom. The van der Waals surface area contributed by atoms with Crippen LogP contribution >= 0.6 is 0 Å². The summed E-state index contributed by atoms with van der Waals surface area (Å²) in [6, 6.07) is 7.04. The predicted octanol–water partition coefficient (Wildman–Crippen LogP) is 4.59. The van der Waals surface area contributed by atoms with Crippen molar-refractivity contribution in [2.24, 2.45) is 11.8 Å². The molecule has 2 heteroatoms. The first-order valence-electron chi connectivity index (χ1n) is 9.97. The lowest BCUT2D eigenvalue weighted by Crippen LogP contribution is -2.48. The van der Waals surface area contributed by atoms with Crippen molar-refractivity contribution in [3.05, 3.63) is 35.9 Å². The minimum absolute atomic E-state index is 0.957. The molecule has 0 N–H and O–H groups in total. The molecule has 0 atom stereocenters. The van der Waals surface area contributed by atoms with E-state index in [2.05, 4.69) is 41.5 Å². The maximum atomic E-state index is 4.19. The van der Waals surface area contributed by atoms with Crippen molar-refractivity contribution in [2.75, 3.05) is 37.6 Å². The molecule has 130 valence electrons. The van der Waals surface area contributed by atoms with Crippen molar-refractivity contribution >= 4 is 11.3 Å². The fourth-order valence-corrected chi connectivity index (χ4v) is 4.81. The summed E-state index contributed by atoms with van der Waals surface area (Å²) < 4.78 is 0. The number of aryl methyl sites for hydroxylation is 1. The van der Waals surface area contributed by atoms with Gasteiger partial charge in [0.1, 0.15) is 0 Å². The van der Waals surface area contributed by atoms with Crippen molar-refractivity contribution in [2.45, 2.75) is 45.4 Å². The summed E-state index contributed by atoms with van der Waals surface area (Å²) in [7, 11) is 0. The topological polar surface area (TPSA) is 6.48 Å². The molecule has 1 aromatic carbocycles. The first kappa shape index (κ1) is 16.2. The third-order valence-corrected chi connectivity index (χ3v) is 6.56. The van der Waals surface area contributed by atoms with Gasteiger partial charge in [0.05, 0.1) is 0 Å². The maximum absolute atomic E-state index is 4.19. The zero-order valence-electron chi connectivity index (χ0n) is 15.3. The van der Waals surface area contributed by atoms with Crippen LogP contribution in [0.25, 0.3) is 5.57 Å². The largest absolute Gasteiger partial charge is 0.369 e. The molecule has 3 aliphatic rings. The zero-order chi connectivity index (χ0) is 16.5. The van der Waals surface area contributed by atoms with Gasteiger partial charge in [0, 0.05) is 38.4 Å². The second kappa shape index (κ2) is 6.92. The summed E-state index contributed by atoms with van der Waals surface area (Å²) in [5, 5.41) is 0. The van der Waals surface area contributed by atoms with Crippen LogP contribution in [0.4, 0.5) is 5.69 Å². The van der Waals surface area contributed by atoms with E-state index in [0.717, 1.165) is 18.3 Å². The van der Waals surface area contributed by atoms with E-state index >= 15 is 0 Å². The fourth-order valence-electron chi connectivity index (χ4n) is 4.81. The Balaban J connectivity index is 1.31. The monoisotopic (exact) mass is 324 g/mol. The van der Waals surface area contributed by atoms with Gasteiger partial charge in [-0.1, -0.05) is 32.4 Å². The Labute approximate surface area is 147 Å². The molecule has 2 aliphatic carbocycles. The van der Waals surface area contributed by atoms with Crippen LogP contribution in [-0.4, -0.2) is 37.6 Å². The lowest BCUT2D eigenvalue weighted by Gasteiger charge is -2.39. The van der Waals surface area contributed by atoms with Gasteiger partial charge in [0.2, 0.25) is 0 Å². The summed E-state index contributed by atoms with van der Waals surface area (Å²) in [5.74, 6) is 1.92. The lowest BCUT2D eigenvalue weighted by atomic mass is 9.83. The molecule has 1 aromatic rings. The van der Waals surface area contributed by atoms with Crippen LogP contribution in [0.5, 0.6) is 0 Å². The number of nitrogens with zero attached hydrogens (tertiary/aromatic N) is 2. The van der Waals surface area contributed by atoms with Gasteiger partial charge >= 0.3 is 0 Å². The van der Waals surface area contributed by atoms with Crippen molar-refractivity contribution < 1.29 is 0 Å². The highest BCUT2D eigenvalue weighted by atomic mass is 15.3. The first-order valence-corrected chi connectivity index (χ1v) is 9.97. The highest BCUT2D eigenvalue weighted by molar-refractivity contribution is 5.73. The standard InChI is InChI=1S/C22H32N2/c1-17-3-6-19(7-4-17)16-23-11-13-24(14-12-23)21-9-10-22-18(2)5-8-20(22)15-21/h9-10,15,17,19H,2-8,11-14,16H2,1H3. The molecule has 0 aromatic heterocycles. The Morgan fingerprint density at radius 3 is 2.50 bits per heavy atom. The van der Waals surface area contributed by atoms with Gasteiger partial charge in [-0.05, 0) is 66.4 Å². The maximum Gasteiger partial charge on any atom is 0.0370 e. The molecule has 0 radical (unpaired) electrons. The average Bonchev–Trinajstić information content (AvgIpc) is 2.98. The van der Waals surface area contributed by atoms with Gasteiger partial charge in [-0.15, -0.1) is 0 Å². The van der Waals surface area contributed by atoms with Gasteiger partial charge in [0.15, 0.2) is 0 Å². The number of benzene rings is 1. The number of allylic oxidation sites excluding steroid dienone is 1. The van der Waals surface area contributed by atoms with E-state index in [1.54, 1.807) is 0 Å². The van der Waals surface area contributed by atoms with Gasteiger partial charge in [0.25, 0.3) is 0 Å². The predicted molar refractivity (Wildman–Crippen MR) is 104 cm³/mol. The quantitative estimate of drug-likeness (QED) is 0.802. The summed E-state index contributed by atoms with van der Waals surface area (Å²) in [5.41, 5.74) is 5.66. The fraction of sp³-hybridized carbons (Fsp3) is 0.636. The number of hydrogen-bond donors (Lipinski definition) is 0. The van der Waals surface area contributed by atoms with Crippen molar-refractivity contribution in [1.29, 1.82) is 0 Å². The molecule has 1 heterocycles. The zero-order valence-corrected chi connectivity index (χ0v) is 15.3. The van der Waals surface area contributed by atoms with Crippen LogP contribution in [-0.2, 0) is 6.42 Å². The molecule has 2 nitrogen and oxygen atoms in total. The van der Waals surface area contributed by atoms with Crippen molar-refractivity contribution in [1.82, 2.24) is 4.90 Å². The van der Waals surface area contributed by atoms with Gasteiger partial charge in [-0.25, -0.2) is 0 Å². The van der Waals surface area contributed by atoms with Crippen LogP contribution in [0, 0.1) is 11.8 Å².